The quantitative estimate of drug-likeness (QED) is 0.745. The zero-order chi connectivity index (χ0) is 11.1. The maximum atomic E-state index is 13.4. The third-order valence-corrected chi connectivity index (χ3v) is 2.96. The predicted molar refractivity (Wildman–Crippen MR) is 52.1 cm³/mol. The lowest BCUT2D eigenvalue weighted by Gasteiger charge is -2.23. The predicted octanol–water partition coefficient (Wildman–Crippen LogP) is 1.66. The SMILES string of the molecule is NC1CCC(O)(c2ccc(F)cc2F)C1. The van der Waals surface area contributed by atoms with Gasteiger partial charge >= 0.3 is 0 Å². The van der Waals surface area contributed by atoms with E-state index in [9.17, 15) is 13.9 Å². The van der Waals surface area contributed by atoms with Crippen LogP contribution < -0.4 is 5.73 Å². The average Bonchev–Trinajstić information content (AvgIpc) is 2.46. The van der Waals surface area contributed by atoms with E-state index < -0.39 is 17.2 Å². The fraction of sp³-hybridized carbons (Fsp3) is 0.455. The molecule has 0 aromatic heterocycles. The fourth-order valence-corrected chi connectivity index (χ4v) is 2.17. The lowest BCUT2D eigenvalue weighted by molar-refractivity contribution is 0.0393. The van der Waals surface area contributed by atoms with Crippen LogP contribution in [-0.4, -0.2) is 11.1 Å². The van der Waals surface area contributed by atoms with Gasteiger partial charge in [0, 0.05) is 17.7 Å². The van der Waals surface area contributed by atoms with Crippen LogP contribution in [-0.2, 0) is 5.60 Å². The molecule has 1 aromatic carbocycles. The molecule has 1 aliphatic carbocycles. The molecule has 0 amide bonds. The topological polar surface area (TPSA) is 46.2 Å². The molecule has 4 heteroatoms. The van der Waals surface area contributed by atoms with Gasteiger partial charge < -0.3 is 10.8 Å². The van der Waals surface area contributed by atoms with E-state index in [-0.39, 0.29) is 11.6 Å². The highest BCUT2D eigenvalue weighted by Gasteiger charge is 2.39. The minimum Gasteiger partial charge on any atom is -0.385 e. The van der Waals surface area contributed by atoms with Crippen LogP contribution in [0.25, 0.3) is 0 Å². The zero-order valence-electron chi connectivity index (χ0n) is 8.21. The number of aliphatic hydroxyl groups is 1. The number of rotatable bonds is 1. The van der Waals surface area contributed by atoms with Crippen molar-refractivity contribution < 1.29 is 13.9 Å². The maximum absolute atomic E-state index is 13.4. The second kappa shape index (κ2) is 3.54. The van der Waals surface area contributed by atoms with Crippen molar-refractivity contribution in [3.63, 3.8) is 0 Å². The summed E-state index contributed by atoms with van der Waals surface area (Å²) in [6.07, 6.45) is 1.42. The number of hydrogen-bond acceptors (Lipinski definition) is 2. The van der Waals surface area contributed by atoms with E-state index in [1.54, 1.807) is 0 Å². The Morgan fingerprint density at radius 2 is 2.13 bits per heavy atom. The van der Waals surface area contributed by atoms with Crippen LogP contribution in [0.4, 0.5) is 8.78 Å². The molecule has 1 saturated carbocycles. The first kappa shape index (κ1) is 10.5. The van der Waals surface area contributed by atoms with Crippen molar-refractivity contribution in [2.75, 3.05) is 0 Å². The molecule has 0 radical (unpaired) electrons. The highest BCUT2D eigenvalue weighted by atomic mass is 19.1. The largest absolute Gasteiger partial charge is 0.385 e. The van der Waals surface area contributed by atoms with Crippen LogP contribution in [0.3, 0.4) is 0 Å². The first-order valence-corrected chi connectivity index (χ1v) is 4.95. The summed E-state index contributed by atoms with van der Waals surface area (Å²) < 4.78 is 26.1. The minimum atomic E-state index is -1.22. The number of nitrogens with two attached hydrogens (primary N) is 1. The van der Waals surface area contributed by atoms with Gasteiger partial charge in [-0.15, -0.1) is 0 Å². The third-order valence-electron chi connectivity index (χ3n) is 2.96. The van der Waals surface area contributed by atoms with Gasteiger partial charge in [-0.05, 0) is 25.3 Å². The minimum absolute atomic E-state index is 0.112. The summed E-state index contributed by atoms with van der Waals surface area (Å²) in [6.45, 7) is 0. The molecule has 0 aliphatic heterocycles. The van der Waals surface area contributed by atoms with Gasteiger partial charge in [0.15, 0.2) is 0 Å². The monoisotopic (exact) mass is 213 g/mol. The van der Waals surface area contributed by atoms with Crippen LogP contribution in [0.1, 0.15) is 24.8 Å². The van der Waals surface area contributed by atoms with Crippen molar-refractivity contribution in [2.45, 2.75) is 30.9 Å². The highest BCUT2D eigenvalue weighted by Crippen LogP contribution is 2.39. The van der Waals surface area contributed by atoms with E-state index in [1.807, 2.05) is 0 Å². The fourth-order valence-electron chi connectivity index (χ4n) is 2.17. The van der Waals surface area contributed by atoms with E-state index in [4.69, 9.17) is 5.73 Å². The van der Waals surface area contributed by atoms with Gasteiger partial charge in [0.1, 0.15) is 11.6 Å². The van der Waals surface area contributed by atoms with Crippen molar-refractivity contribution in [2.24, 2.45) is 5.73 Å². The molecule has 2 rings (SSSR count). The van der Waals surface area contributed by atoms with E-state index in [0.717, 1.165) is 12.1 Å². The van der Waals surface area contributed by atoms with E-state index in [0.29, 0.717) is 19.3 Å². The molecule has 1 aromatic rings. The summed E-state index contributed by atoms with van der Waals surface area (Å²) in [7, 11) is 0. The van der Waals surface area contributed by atoms with Crippen LogP contribution in [0.5, 0.6) is 0 Å². The van der Waals surface area contributed by atoms with E-state index in [2.05, 4.69) is 0 Å². The molecule has 15 heavy (non-hydrogen) atoms. The Hall–Kier alpha value is -1.00. The number of hydrogen-bond donors (Lipinski definition) is 2. The zero-order valence-corrected chi connectivity index (χ0v) is 8.21. The van der Waals surface area contributed by atoms with E-state index in [1.165, 1.54) is 6.07 Å². The third kappa shape index (κ3) is 1.87. The van der Waals surface area contributed by atoms with Crippen LogP contribution in [0.2, 0.25) is 0 Å². The summed E-state index contributed by atoms with van der Waals surface area (Å²) in [5.74, 6) is -1.34. The van der Waals surface area contributed by atoms with Crippen LogP contribution in [0, 0.1) is 11.6 Å². The molecule has 2 nitrogen and oxygen atoms in total. The first-order valence-electron chi connectivity index (χ1n) is 4.95. The Bertz CT molecular complexity index is 383. The molecule has 82 valence electrons. The van der Waals surface area contributed by atoms with Gasteiger partial charge in [-0.25, -0.2) is 8.78 Å². The maximum Gasteiger partial charge on any atom is 0.132 e. The molecular formula is C11H13F2NO. The molecule has 0 heterocycles. The van der Waals surface area contributed by atoms with Gasteiger partial charge in [-0.2, -0.15) is 0 Å². The summed E-state index contributed by atoms with van der Waals surface area (Å²) in [5.41, 5.74) is 4.60. The van der Waals surface area contributed by atoms with Crippen LogP contribution in [0.15, 0.2) is 18.2 Å². The Morgan fingerprint density at radius 3 is 2.67 bits per heavy atom. The van der Waals surface area contributed by atoms with Crippen molar-refractivity contribution in [3.05, 3.63) is 35.4 Å². The van der Waals surface area contributed by atoms with Crippen molar-refractivity contribution in [1.29, 1.82) is 0 Å². The van der Waals surface area contributed by atoms with E-state index >= 15 is 0 Å². The Balaban J connectivity index is 2.37. The van der Waals surface area contributed by atoms with Crippen molar-refractivity contribution in [3.8, 4) is 0 Å². The van der Waals surface area contributed by atoms with Gasteiger partial charge in [0.25, 0.3) is 0 Å². The summed E-state index contributed by atoms with van der Waals surface area (Å²) in [5, 5.41) is 10.2. The molecule has 0 spiro atoms. The molecule has 0 bridgehead atoms. The second-order valence-corrected chi connectivity index (χ2v) is 4.16. The lowest BCUT2D eigenvalue weighted by Crippen LogP contribution is -2.26. The molecule has 1 fully saturated rings. The van der Waals surface area contributed by atoms with Gasteiger partial charge in [0.05, 0.1) is 5.60 Å². The molecular weight excluding hydrogens is 200 g/mol. The molecule has 2 atom stereocenters. The first-order chi connectivity index (χ1) is 7.01. The molecule has 1 aliphatic rings. The Morgan fingerprint density at radius 1 is 1.40 bits per heavy atom. The van der Waals surface area contributed by atoms with Crippen LogP contribution >= 0.6 is 0 Å². The summed E-state index contributed by atoms with van der Waals surface area (Å²) in [4.78, 5) is 0. The molecule has 2 unspecified atom stereocenters. The number of halogens is 2. The smallest absolute Gasteiger partial charge is 0.132 e. The normalized spacial score (nSPS) is 30.8. The summed E-state index contributed by atoms with van der Waals surface area (Å²) >= 11 is 0. The number of benzene rings is 1. The molecule has 0 saturated heterocycles. The van der Waals surface area contributed by atoms with Gasteiger partial charge in [-0.1, -0.05) is 6.07 Å². The highest BCUT2D eigenvalue weighted by molar-refractivity contribution is 5.26. The van der Waals surface area contributed by atoms with Gasteiger partial charge in [0.2, 0.25) is 0 Å². The Labute approximate surface area is 86.7 Å². The Kier molecular flexibility index (Phi) is 2.48. The van der Waals surface area contributed by atoms with Gasteiger partial charge in [-0.3, -0.25) is 0 Å². The second-order valence-electron chi connectivity index (χ2n) is 4.16. The summed E-state index contributed by atoms with van der Waals surface area (Å²) in [6, 6.07) is 3.12. The van der Waals surface area contributed by atoms with Crippen molar-refractivity contribution >= 4 is 0 Å². The average molecular weight is 213 g/mol. The standard InChI is InChI=1S/C11H13F2NO/c12-7-1-2-9(10(13)5-7)11(15)4-3-8(14)6-11/h1-2,5,8,15H,3-4,6,14H2. The van der Waals surface area contributed by atoms with Crippen molar-refractivity contribution in [1.82, 2.24) is 0 Å². The lowest BCUT2D eigenvalue weighted by atomic mass is 9.91. The molecule has 3 N–H and O–H groups in total.